The van der Waals surface area contributed by atoms with Crippen LogP contribution >= 0.6 is 0 Å². The molecule has 11 nitrogen and oxygen atoms in total. The summed E-state index contributed by atoms with van der Waals surface area (Å²) >= 11 is 0. The topological polar surface area (TPSA) is 135 Å². The van der Waals surface area contributed by atoms with Gasteiger partial charge in [-0.3, -0.25) is 0 Å². The highest BCUT2D eigenvalue weighted by Gasteiger charge is 2.53. The van der Waals surface area contributed by atoms with Gasteiger partial charge >= 0.3 is 0 Å². The van der Waals surface area contributed by atoms with Crippen LogP contribution in [0.2, 0.25) is 0 Å². The highest BCUT2D eigenvalue weighted by Crippen LogP contribution is 2.35. The summed E-state index contributed by atoms with van der Waals surface area (Å²) < 4.78 is 52.0. The van der Waals surface area contributed by atoms with E-state index in [0.29, 0.717) is 0 Å². The number of hydrogen-bond acceptors (Lipinski definition) is 11. The molecule has 7 rings (SSSR count). The van der Waals surface area contributed by atoms with Crippen molar-refractivity contribution in [1.29, 1.82) is 0 Å². The third-order valence-electron chi connectivity index (χ3n) is 10.2. The first kappa shape index (κ1) is 41.8. The standard InChI is InChI=1S/C47H52O11/c48-26-38-40(49)42(52-28-34-18-8-2-9-19-34)45(55-31-37-24-14-5-15-25-37)47(57-38)58-41-39(32-51-27-33-16-6-1-7-17-33)56-46(50)44(54-30-36-22-12-4-13-23-36)43(41)53-29-35-20-10-3-11-21-35/h1-25,38-50H,26-32H2/t38-,39-,40-,41-,42+,43+,44-,45-,46-,47-/m1/s1. The molecular weight excluding hydrogens is 741 g/mol. The summed E-state index contributed by atoms with van der Waals surface area (Å²) in [6.45, 7) is 0.413. The molecule has 2 fully saturated rings. The Bertz CT molecular complexity index is 1870. The molecule has 0 bridgehead atoms. The van der Waals surface area contributed by atoms with Crippen LogP contribution in [0.15, 0.2) is 152 Å². The van der Waals surface area contributed by atoms with Crippen LogP contribution < -0.4 is 0 Å². The highest BCUT2D eigenvalue weighted by molar-refractivity contribution is 5.17. The van der Waals surface area contributed by atoms with Crippen molar-refractivity contribution in [2.75, 3.05) is 13.2 Å². The maximum atomic E-state index is 11.6. The van der Waals surface area contributed by atoms with E-state index in [4.69, 9.17) is 37.9 Å². The molecule has 0 spiro atoms. The molecule has 306 valence electrons. The average molecular weight is 793 g/mol. The van der Waals surface area contributed by atoms with Crippen molar-refractivity contribution in [3.63, 3.8) is 0 Å². The minimum Gasteiger partial charge on any atom is -0.394 e. The van der Waals surface area contributed by atoms with Gasteiger partial charge in [-0.15, -0.1) is 0 Å². The van der Waals surface area contributed by atoms with Gasteiger partial charge in [0.1, 0.15) is 48.8 Å². The first-order valence-corrected chi connectivity index (χ1v) is 19.7. The number of ether oxygens (including phenoxy) is 8. The zero-order valence-corrected chi connectivity index (χ0v) is 32.3. The van der Waals surface area contributed by atoms with E-state index in [-0.39, 0.29) is 39.6 Å². The smallest absolute Gasteiger partial charge is 0.187 e. The van der Waals surface area contributed by atoms with E-state index in [1.165, 1.54) is 0 Å². The molecule has 3 N–H and O–H groups in total. The lowest BCUT2D eigenvalue weighted by Gasteiger charge is -2.49. The molecule has 5 aromatic carbocycles. The van der Waals surface area contributed by atoms with E-state index < -0.39 is 68.0 Å². The van der Waals surface area contributed by atoms with Gasteiger partial charge in [-0.2, -0.15) is 0 Å². The summed E-state index contributed by atoms with van der Waals surface area (Å²) in [5.74, 6) is 0. The Morgan fingerprint density at radius 2 is 0.810 bits per heavy atom. The first-order chi connectivity index (χ1) is 28.6. The van der Waals surface area contributed by atoms with Gasteiger partial charge in [-0.05, 0) is 27.8 Å². The molecule has 2 aliphatic rings. The third-order valence-corrected chi connectivity index (χ3v) is 10.2. The number of rotatable bonds is 19. The van der Waals surface area contributed by atoms with Gasteiger partial charge in [0, 0.05) is 0 Å². The van der Waals surface area contributed by atoms with Gasteiger partial charge in [-0.1, -0.05) is 152 Å². The first-order valence-electron chi connectivity index (χ1n) is 19.7. The van der Waals surface area contributed by atoms with Crippen LogP contribution in [0.25, 0.3) is 0 Å². The molecular formula is C47H52O11. The van der Waals surface area contributed by atoms with Gasteiger partial charge < -0.3 is 53.2 Å². The van der Waals surface area contributed by atoms with Gasteiger partial charge in [0.05, 0.1) is 46.2 Å². The molecule has 2 heterocycles. The second-order valence-corrected chi connectivity index (χ2v) is 14.4. The number of hydrogen-bond donors (Lipinski definition) is 3. The summed E-state index contributed by atoms with van der Waals surface area (Å²) in [6.07, 6.45) is -10.8. The second-order valence-electron chi connectivity index (χ2n) is 14.4. The van der Waals surface area contributed by atoms with E-state index >= 15 is 0 Å². The van der Waals surface area contributed by atoms with Crippen molar-refractivity contribution in [2.24, 2.45) is 0 Å². The molecule has 0 unspecified atom stereocenters. The Balaban J connectivity index is 1.22. The fourth-order valence-electron chi connectivity index (χ4n) is 7.17. The summed E-state index contributed by atoms with van der Waals surface area (Å²) in [7, 11) is 0. The molecule has 10 atom stereocenters. The largest absolute Gasteiger partial charge is 0.394 e. The monoisotopic (exact) mass is 792 g/mol. The molecule has 2 aliphatic heterocycles. The Kier molecular flexibility index (Phi) is 15.6. The molecule has 11 heteroatoms. The Morgan fingerprint density at radius 3 is 1.26 bits per heavy atom. The normalized spacial score (nSPS) is 27.3. The zero-order chi connectivity index (χ0) is 39.9. The zero-order valence-electron chi connectivity index (χ0n) is 32.3. The van der Waals surface area contributed by atoms with Crippen LogP contribution in [0.1, 0.15) is 27.8 Å². The minimum atomic E-state index is -1.42. The molecule has 0 saturated carbocycles. The predicted octanol–water partition coefficient (Wildman–Crippen LogP) is 5.73. The fraction of sp³-hybridized carbons (Fsp3) is 0.362. The predicted molar refractivity (Wildman–Crippen MR) is 214 cm³/mol. The van der Waals surface area contributed by atoms with Gasteiger partial charge in [0.2, 0.25) is 0 Å². The lowest BCUT2D eigenvalue weighted by Crippen LogP contribution is -2.66. The van der Waals surface area contributed by atoms with Crippen molar-refractivity contribution in [3.05, 3.63) is 179 Å². The maximum absolute atomic E-state index is 11.6. The Labute approximate surface area is 339 Å². The molecule has 0 aliphatic carbocycles. The van der Waals surface area contributed by atoms with Crippen LogP contribution in [-0.4, -0.2) is 89.9 Å². The summed E-state index contributed by atoms with van der Waals surface area (Å²) in [4.78, 5) is 0. The van der Waals surface area contributed by atoms with Gasteiger partial charge in [-0.25, -0.2) is 0 Å². The van der Waals surface area contributed by atoms with Crippen LogP contribution in [0.5, 0.6) is 0 Å². The summed E-state index contributed by atoms with van der Waals surface area (Å²) in [6, 6.07) is 48.3. The van der Waals surface area contributed by atoms with Crippen molar-refractivity contribution >= 4 is 0 Å². The van der Waals surface area contributed by atoms with E-state index in [9.17, 15) is 15.3 Å². The van der Waals surface area contributed by atoms with Crippen LogP contribution in [0, 0.1) is 0 Å². The van der Waals surface area contributed by atoms with Crippen LogP contribution in [-0.2, 0) is 70.9 Å². The average Bonchev–Trinajstić information content (AvgIpc) is 3.27. The van der Waals surface area contributed by atoms with E-state index in [0.717, 1.165) is 27.8 Å². The van der Waals surface area contributed by atoms with Gasteiger partial charge in [0.25, 0.3) is 0 Å². The van der Waals surface area contributed by atoms with Crippen LogP contribution in [0.3, 0.4) is 0 Å². The Morgan fingerprint density at radius 1 is 0.414 bits per heavy atom. The Hall–Kier alpha value is -4.34. The summed E-state index contributed by atoms with van der Waals surface area (Å²) in [5, 5.41) is 33.8. The van der Waals surface area contributed by atoms with Crippen LogP contribution in [0.4, 0.5) is 0 Å². The van der Waals surface area contributed by atoms with Crippen molar-refractivity contribution in [1.82, 2.24) is 0 Å². The summed E-state index contributed by atoms with van der Waals surface area (Å²) in [5.41, 5.74) is 4.53. The van der Waals surface area contributed by atoms with Crippen molar-refractivity contribution in [3.8, 4) is 0 Å². The maximum Gasteiger partial charge on any atom is 0.187 e. The lowest BCUT2D eigenvalue weighted by molar-refractivity contribution is -0.371. The minimum absolute atomic E-state index is 0.00940. The van der Waals surface area contributed by atoms with Gasteiger partial charge in [0.15, 0.2) is 12.6 Å². The third kappa shape index (κ3) is 11.4. The fourth-order valence-corrected chi connectivity index (χ4v) is 7.17. The molecule has 0 amide bonds. The molecule has 58 heavy (non-hydrogen) atoms. The number of benzene rings is 5. The quantitative estimate of drug-likeness (QED) is 0.0948. The van der Waals surface area contributed by atoms with Crippen molar-refractivity contribution in [2.45, 2.75) is 94.4 Å². The van der Waals surface area contributed by atoms with E-state index in [1.54, 1.807) is 0 Å². The SMILES string of the molecule is OC[C@H]1O[C@H](O[C@H]2[C@H](OCc3ccccc3)[C@@H](OCc3ccccc3)[C@H](O)O[C@@H]2COCc2ccccc2)[C@H](OCc2ccccc2)[C@@H](OCc2ccccc2)[C@@H]1O. The number of aliphatic hydroxyl groups excluding tert-OH is 3. The van der Waals surface area contributed by atoms with E-state index in [1.807, 2.05) is 152 Å². The highest BCUT2D eigenvalue weighted by atomic mass is 16.7. The number of aliphatic hydroxyl groups is 3. The lowest BCUT2D eigenvalue weighted by atomic mass is 9.96. The molecule has 5 aromatic rings. The van der Waals surface area contributed by atoms with E-state index in [2.05, 4.69) is 0 Å². The second kappa shape index (κ2) is 21.6. The molecule has 2 saturated heterocycles. The van der Waals surface area contributed by atoms with Crippen molar-refractivity contribution < 1.29 is 53.2 Å². The molecule has 0 aromatic heterocycles. The molecule has 0 radical (unpaired) electrons.